The topological polar surface area (TPSA) is 46.1 Å². The van der Waals surface area contributed by atoms with E-state index in [1.165, 1.54) is 0 Å². The van der Waals surface area contributed by atoms with E-state index in [-0.39, 0.29) is 5.92 Å². The summed E-state index contributed by atoms with van der Waals surface area (Å²) in [6, 6.07) is 3.68. The number of rotatable bonds is 3. The predicted molar refractivity (Wildman–Crippen MR) is 61.0 cm³/mol. The lowest BCUT2D eigenvalue weighted by Crippen LogP contribution is -2.36. The van der Waals surface area contributed by atoms with E-state index in [4.69, 9.17) is 0 Å². The van der Waals surface area contributed by atoms with E-state index in [0.717, 1.165) is 31.6 Å². The molecule has 0 aliphatic carbocycles. The molecule has 1 aromatic heterocycles. The second-order valence-electron chi connectivity index (χ2n) is 4.46. The predicted octanol–water partition coefficient (Wildman–Crippen LogP) is 0.930. The molecule has 1 fully saturated rings. The third-order valence-corrected chi connectivity index (χ3v) is 3.06. The van der Waals surface area contributed by atoms with Crippen LogP contribution in [0.3, 0.4) is 0 Å². The molecule has 4 nitrogen and oxygen atoms in total. The van der Waals surface area contributed by atoms with Gasteiger partial charge in [0.1, 0.15) is 5.78 Å². The van der Waals surface area contributed by atoms with Crippen molar-refractivity contribution in [1.82, 2.24) is 15.1 Å². The number of hydrogen-bond acceptors (Lipinski definition) is 4. The van der Waals surface area contributed by atoms with E-state index in [1.807, 2.05) is 12.1 Å². The molecule has 1 aliphatic rings. The van der Waals surface area contributed by atoms with Crippen LogP contribution in [0.5, 0.6) is 0 Å². The van der Waals surface area contributed by atoms with E-state index in [2.05, 4.69) is 22.1 Å². The van der Waals surface area contributed by atoms with Gasteiger partial charge < -0.3 is 4.90 Å². The number of carbonyl (C=O) groups is 1. The summed E-state index contributed by atoms with van der Waals surface area (Å²) in [5.74, 6) is 0.479. The van der Waals surface area contributed by atoms with Crippen LogP contribution in [-0.2, 0) is 11.2 Å². The minimum Gasteiger partial charge on any atom is -0.306 e. The Hall–Kier alpha value is -1.29. The fourth-order valence-corrected chi connectivity index (χ4v) is 2.18. The van der Waals surface area contributed by atoms with Gasteiger partial charge in [0, 0.05) is 18.7 Å². The second-order valence-corrected chi connectivity index (χ2v) is 4.46. The Balaban J connectivity index is 1.93. The van der Waals surface area contributed by atoms with Gasteiger partial charge in [-0.05, 0) is 38.6 Å². The van der Waals surface area contributed by atoms with Crippen molar-refractivity contribution in [3.8, 4) is 0 Å². The van der Waals surface area contributed by atoms with Gasteiger partial charge in [-0.1, -0.05) is 0 Å². The highest BCUT2D eigenvalue weighted by atomic mass is 16.1. The van der Waals surface area contributed by atoms with Crippen molar-refractivity contribution in [2.75, 3.05) is 20.1 Å². The van der Waals surface area contributed by atoms with Gasteiger partial charge in [-0.2, -0.15) is 10.2 Å². The molecule has 0 aromatic carbocycles. The number of hydrogen-bond donors (Lipinski definition) is 0. The first kappa shape index (κ1) is 11.2. The highest BCUT2D eigenvalue weighted by Gasteiger charge is 2.23. The summed E-state index contributed by atoms with van der Waals surface area (Å²) in [6.45, 7) is 1.99. The fourth-order valence-electron chi connectivity index (χ4n) is 2.18. The van der Waals surface area contributed by atoms with Gasteiger partial charge >= 0.3 is 0 Å². The van der Waals surface area contributed by atoms with Crippen LogP contribution in [0.15, 0.2) is 18.3 Å². The SMILES string of the molecule is CN1CCCC(C(=O)Cc2cccnn2)C1. The summed E-state index contributed by atoms with van der Waals surface area (Å²) >= 11 is 0. The molecule has 0 saturated carbocycles. The monoisotopic (exact) mass is 219 g/mol. The Kier molecular flexibility index (Phi) is 3.62. The molecule has 1 aliphatic heterocycles. The normalized spacial score (nSPS) is 21.9. The van der Waals surface area contributed by atoms with Crippen molar-refractivity contribution < 1.29 is 4.79 Å². The minimum atomic E-state index is 0.181. The fraction of sp³-hybridized carbons (Fsp3) is 0.583. The van der Waals surface area contributed by atoms with Crippen LogP contribution < -0.4 is 0 Å². The highest BCUT2D eigenvalue weighted by Crippen LogP contribution is 2.17. The van der Waals surface area contributed by atoms with E-state index >= 15 is 0 Å². The van der Waals surface area contributed by atoms with E-state index in [9.17, 15) is 4.79 Å². The maximum atomic E-state index is 12.0. The molecule has 1 unspecified atom stereocenters. The molecule has 86 valence electrons. The number of ketones is 1. The third-order valence-electron chi connectivity index (χ3n) is 3.06. The van der Waals surface area contributed by atoms with E-state index < -0.39 is 0 Å². The average Bonchev–Trinajstić information content (AvgIpc) is 2.30. The van der Waals surface area contributed by atoms with Crippen molar-refractivity contribution >= 4 is 5.78 Å². The Morgan fingerprint density at radius 2 is 2.50 bits per heavy atom. The van der Waals surface area contributed by atoms with Crippen LogP contribution >= 0.6 is 0 Å². The molecule has 1 atom stereocenters. The minimum absolute atomic E-state index is 0.181. The second kappa shape index (κ2) is 5.16. The summed E-state index contributed by atoms with van der Waals surface area (Å²) in [5, 5.41) is 7.73. The molecular weight excluding hydrogens is 202 g/mol. The molecule has 0 N–H and O–H groups in total. The molecule has 2 heterocycles. The van der Waals surface area contributed by atoms with Gasteiger partial charge in [0.2, 0.25) is 0 Å². The lowest BCUT2D eigenvalue weighted by molar-refractivity contribution is -0.123. The first-order chi connectivity index (χ1) is 7.75. The molecule has 0 amide bonds. The largest absolute Gasteiger partial charge is 0.306 e. The standard InChI is InChI=1S/C12H17N3O/c1-15-7-3-4-10(9-15)12(16)8-11-5-2-6-13-14-11/h2,5-6,10H,3-4,7-9H2,1H3. The van der Waals surface area contributed by atoms with Crippen LogP contribution in [0.25, 0.3) is 0 Å². The number of piperidine rings is 1. The number of likely N-dealkylation sites (tertiary alicyclic amines) is 1. The summed E-state index contributed by atoms with van der Waals surface area (Å²) in [5.41, 5.74) is 0.778. The summed E-state index contributed by atoms with van der Waals surface area (Å²) in [6.07, 6.45) is 4.19. The number of Topliss-reactive ketones (excluding diaryl/α,β-unsaturated/α-hetero) is 1. The third kappa shape index (κ3) is 2.85. The average molecular weight is 219 g/mol. The first-order valence-corrected chi connectivity index (χ1v) is 5.73. The molecule has 1 aromatic rings. The van der Waals surface area contributed by atoms with Crippen LogP contribution in [0.4, 0.5) is 0 Å². The lowest BCUT2D eigenvalue weighted by Gasteiger charge is -2.28. The van der Waals surface area contributed by atoms with Crippen molar-refractivity contribution in [3.05, 3.63) is 24.0 Å². The van der Waals surface area contributed by atoms with Gasteiger partial charge in [0.25, 0.3) is 0 Å². The molecule has 1 saturated heterocycles. The molecule has 0 spiro atoms. The smallest absolute Gasteiger partial charge is 0.143 e. The maximum Gasteiger partial charge on any atom is 0.143 e. The Bertz CT molecular complexity index is 353. The summed E-state index contributed by atoms with van der Waals surface area (Å²) in [7, 11) is 2.07. The quantitative estimate of drug-likeness (QED) is 0.758. The van der Waals surface area contributed by atoms with Crippen molar-refractivity contribution in [1.29, 1.82) is 0 Å². The van der Waals surface area contributed by atoms with Crippen molar-refractivity contribution in [2.45, 2.75) is 19.3 Å². The number of carbonyl (C=O) groups excluding carboxylic acids is 1. The van der Waals surface area contributed by atoms with Crippen LogP contribution in [0.2, 0.25) is 0 Å². The Morgan fingerprint density at radius 1 is 1.62 bits per heavy atom. The van der Waals surface area contributed by atoms with Crippen molar-refractivity contribution in [3.63, 3.8) is 0 Å². The van der Waals surface area contributed by atoms with Gasteiger partial charge in [0.15, 0.2) is 0 Å². The lowest BCUT2D eigenvalue weighted by atomic mass is 9.92. The van der Waals surface area contributed by atoms with Gasteiger partial charge in [-0.25, -0.2) is 0 Å². The summed E-state index contributed by atoms with van der Waals surface area (Å²) in [4.78, 5) is 14.2. The molecule has 2 rings (SSSR count). The number of nitrogens with zero attached hydrogens (tertiary/aromatic N) is 3. The van der Waals surface area contributed by atoms with Gasteiger partial charge in [0.05, 0.1) is 12.1 Å². The zero-order valence-corrected chi connectivity index (χ0v) is 9.59. The van der Waals surface area contributed by atoms with Gasteiger partial charge in [-0.3, -0.25) is 4.79 Å². The molecular formula is C12H17N3O. The molecule has 16 heavy (non-hydrogen) atoms. The zero-order valence-electron chi connectivity index (χ0n) is 9.59. The summed E-state index contributed by atoms with van der Waals surface area (Å²) < 4.78 is 0. The molecule has 4 heteroatoms. The van der Waals surface area contributed by atoms with Crippen LogP contribution in [0, 0.1) is 5.92 Å². The zero-order chi connectivity index (χ0) is 11.4. The van der Waals surface area contributed by atoms with E-state index in [1.54, 1.807) is 6.20 Å². The Labute approximate surface area is 95.7 Å². The number of aromatic nitrogens is 2. The van der Waals surface area contributed by atoms with Gasteiger partial charge in [-0.15, -0.1) is 0 Å². The first-order valence-electron chi connectivity index (χ1n) is 5.73. The van der Waals surface area contributed by atoms with Crippen LogP contribution in [-0.4, -0.2) is 41.0 Å². The molecule has 0 bridgehead atoms. The van der Waals surface area contributed by atoms with Crippen LogP contribution in [0.1, 0.15) is 18.5 Å². The highest BCUT2D eigenvalue weighted by molar-refractivity contribution is 5.83. The van der Waals surface area contributed by atoms with E-state index in [0.29, 0.717) is 12.2 Å². The van der Waals surface area contributed by atoms with Crippen molar-refractivity contribution in [2.24, 2.45) is 5.92 Å². The Morgan fingerprint density at radius 3 is 3.19 bits per heavy atom. The maximum absolute atomic E-state index is 12.0. The molecule has 0 radical (unpaired) electrons.